The molecular formula is C25H32N2O2. The maximum atomic E-state index is 12.8. The highest BCUT2D eigenvalue weighted by atomic mass is 16.5. The Kier molecular flexibility index (Phi) is 6.75. The van der Waals surface area contributed by atoms with Crippen LogP contribution in [0, 0.1) is 5.92 Å². The molecule has 0 aromatic heterocycles. The van der Waals surface area contributed by atoms with Crippen LogP contribution in [0.15, 0.2) is 54.6 Å². The molecule has 0 bridgehead atoms. The van der Waals surface area contributed by atoms with Crippen molar-refractivity contribution >= 4 is 5.78 Å². The predicted octanol–water partition coefficient (Wildman–Crippen LogP) is 4.02. The third kappa shape index (κ3) is 5.13. The van der Waals surface area contributed by atoms with Gasteiger partial charge in [0.05, 0.1) is 13.2 Å². The molecule has 4 nitrogen and oxygen atoms in total. The zero-order valence-electron chi connectivity index (χ0n) is 17.4. The van der Waals surface area contributed by atoms with E-state index in [1.54, 1.807) is 0 Å². The molecule has 2 atom stereocenters. The molecule has 4 heteroatoms. The van der Waals surface area contributed by atoms with E-state index < -0.39 is 0 Å². The summed E-state index contributed by atoms with van der Waals surface area (Å²) in [4.78, 5) is 18.0. The lowest BCUT2D eigenvalue weighted by molar-refractivity contribution is 0.0200. The number of carbonyl (C=O) groups excluding carboxylic acids is 1. The number of hydrogen-bond donors (Lipinski definition) is 0. The number of ketones is 1. The average molecular weight is 393 g/mol. The minimum atomic E-state index is 0.100. The van der Waals surface area contributed by atoms with Gasteiger partial charge in [0, 0.05) is 43.3 Å². The van der Waals surface area contributed by atoms with E-state index >= 15 is 0 Å². The van der Waals surface area contributed by atoms with Gasteiger partial charge in [-0.05, 0) is 43.9 Å². The average Bonchev–Trinajstić information content (AvgIpc) is 2.79. The van der Waals surface area contributed by atoms with Crippen LogP contribution in [0.5, 0.6) is 0 Å². The van der Waals surface area contributed by atoms with Crippen molar-refractivity contribution in [2.24, 2.45) is 5.92 Å². The van der Waals surface area contributed by atoms with Gasteiger partial charge in [-0.1, -0.05) is 48.5 Å². The predicted molar refractivity (Wildman–Crippen MR) is 116 cm³/mol. The van der Waals surface area contributed by atoms with E-state index in [1.165, 1.54) is 24.9 Å². The molecule has 2 heterocycles. The van der Waals surface area contributed by atoms with Crippen molar-refractivity contribution in [2.45, 2.75) is 25.8 Å². The number of carbonyl (C=O) groups is 1. The van der Waals surface area contributed by atoms with Gasteiger partial charge in [-0.25, -0.2) is 0 Å². The Hall–Kier alpha value is -2.01. The van der Waals surface area contributed by atoms with Gasteiger partial charge in [-0.15, -0.1) is 0 Å². The Morgan fingerprint density at radius 2 is 1.79 bits per heavy atom. The van der Waals surface area contributed by atoms with Crippen molar-refractivity contribution in [3.63, 3.8) is 0 Å². The lowest BCUT2D eigenvalue weighted by atomic mass is 9.93. The Labute approximate surface area is 174 Å². The number of morpholine rings is 1. The molecular weight excluding hydrogens is 360 g/mol. The van der Waals surface area contributed by atoms with Crippen LogP contribution >= 0.6 is 0 Å². The van der Waals surface area contributed by atoms with Gasteiger partial charge in [0.1, 0.15) is 0 Å². The van der Waals surface area contributed by atoms with Crippen molar-refractivity contribution in [3.05, 3.63) is 71.3 Å². The summed E-state index contributed by atoms with van der Waals surface area (Å²) in [7, 11) is 0. The number of likely N-dealkylation sites (tertiary alicyclic amines) is 1. The monoisotopic (exact) mass is 392 g/mol. The quantitative estimate of drug-likeness (QED) is 0.695. The van der Waals surface area contributed by atoms with E-state index in [-0.39, 0.29) is 5.78 Å². The fourth-order valence-corrected chi connectivity index (χ4v) is 4.65. The second-order valence-corrected chi connectivity index (χ2v) is 8.41. The molecule has 0 amide bonds. The highest BCUT2D eigenvalue weighted by Crippen LogP contribution is 2.28. The Morgan fingerprint density at radius 1 is 1.03 bits per heavy atom. The first-order valence-corrected chi connectivity index (χ1v) is 10.9. The summed E-state index contributed by atoms with van der Waals surface area (Å²) >= 11 is 0. The topological polar surface area (TPSA) is 32.8 Å². The van der Waals surface area contributed by atoms with Gasteiger partial charge in [-0.3, -0.25) is 14.6 Å². The van der Waals surface area contributed by atoms with Crippen molar-refractivity contribution in [1.29, 1.82) is 0 Å². The molecule has 2 aromatic rings. The van der Waals surface area contributed by atoms with Crippen LogP contribution in [0.3, 0.4) is 0 Å². The Balaban J connectivity index is 1.42. The number of benzene rings is 2. The van der Waals surface area contributed by atoms with Gasteiger partial charge in [0.15, 0.2) is 5.78 Å². The molecule has 2 unspecified atom stereocenters. The third-order valence-corrected chi connectivity index (χ3v) is 6.39. The molecule has 154 valence electrons. The lowest BCUT2D eigenvalue weighted by Crippen LogP contribution is -2.45. The van der Waals surface area contributed by atoms with Crippen LogP contribution in [0.2, 0.25) is 0 Å². The van der Waals surface area contributed by atoms with E-state index in [0.29, 0.717) is 6.04 Å². The summed E-state index contributed by atoms with van der Waals surface area (Å²) in [5, 5.41) is 0. The third-order valence-electron chi connectivity index (χ3n) is 6.39. The number of piperidine rings is 1. The minimum absolute atomic E-state index is 0.100. The van der Waals surface area contributed by atoms with E-state index in [9.17, 15) is 4.79 Å². The summed E-state index contributed by atoms with van der Waals surface area (Å²) in [6.07, 6.45) is 2.56. The molecule has 2 fully saturated rings. The molecule has 29 heavy (non-hydrogen) atoms. The maximum absolute atomic E-state index is 12.8. The highest BCUT2D eigenvalue weighted by Gasteiger charge is 2.26. The molecule has 2 aliphatic heterocycles. The van der Waals surface area contributed by atoms with Gasteiger partial charge in [-0.2, -0.15) is 0 Å². The van der Waals surface area contributed by atoms with Crippen LogP contribution in [0.4, 0.5) is 0 Å². The van der Waals surface area contributed by atoms with E-state index in [4.69, 9.17) is 4.74 Å². The molecule has 0 radical (unpaired) electrons. The highest BCUT2D eigenvalue weighted by molar-refractivity contribution is 6.09. The molecule has 0 N–H and O–H groups in total. The number of ether oxygens (including phenoxy) is 1. The first kappa shape index (κ1) is 20.3. The fraction of sp³-hybridized carbons (Fsp3) is 0.480. The molecule has 2 saturated heterocycles. The second-order valence-electron chi connectivity index (χ2n) is 8.41. The summed E-state index contributed by atoms with van der Waals surface area (Å²) in [5.41, 5.74) is 2.77. The van der Waals surface area contributed by atoms with Crippen molar-refractivity contribution in [1.82, 2.24) is 9.80 Å². The smallest absolute Gasteiger partial charge is 0.193 e. The molecule has 2 aliphatic rings. The summed E-state index contributed by atoms with van der Waals surface area (Å²) in [5.74, 6) is 0.821. The largest absolute Gasteiger partial charge is 0.379 e. The van der Waals surface area contributed by atoms with Crippen LogP contribution in [0.1, 0.15) is 47.3 Å². The van der Waals surface area contributed by atoms with Crippen LogP contribution in [0.25, 0.3) is 0 Å². The zero-order valence-corrected chi connectivity index (χ0v) is 17.4. The van der Waals surface area contributed by atoms with Crippen molar-refractivity contribution < 1.29 is 9.53 Å². The van der Waals surface area contributed by atoms with E-state index in [0.717, 1.165) is 56.4 Å². The standard InChI is InChI=1S/C25H32N2O2/c1-20(27-12-6-7-21(19-27)18-26-13-15-29-16-14-26)23-10-5-11-24(17-23)25(28)22-8-3-2-4-9-22/h2-5,8-11,17,20-21H,6-7,12-16,18-19H2,1H3. The fourth-order valence-electron chi connectivity index (χ4n) is 4.65. The zero-order chi connectivity index (χ0) is 20.1. The minimum Gasteiger partial charge on any atom is -0.379 e. The van der Waals surface area contributed by atoms with Crippen LogP contribution in [-0.2, 0) is 4.74 Å². The van der Waals surface area contributed by atoms with Gasteiger partial charge < -0.3 is 4.74 Å². The van der Waals surface area contributed by atoms with Gasteiger partial charge >= 0.3 is 0 Å². The summed E-state index contributed by atoms with van der Waals surface area (Å²) in [6, 6.07) is 18.1. The molecule has 0 aliphatic carbocycles. The number of rotatable bonds is 6. The van der Waals surface area contributed by atoms with Gasteiger partial charge in [0.25, 0.3) is 0 Å². The van der Waals surface area contributed by atoms with Crippen LogP contribution < -0.4 is 0 Å². The maximum Gasteiger partial charge on any atom is 0.193 e. The van der Waals surface area contributed by atoms with E-state index in [1.807, 2.05) is 42.5 Å². The van der Waals surface area contributed by atoms with Gasteiger partial charge in [0.2, 0.25) is 0 Å². The van der Waals surface area contributed by atoms with Crippen molar-refractivity contribution in [2.75, 3.05) is 45.9 Å². The molecule has 0 saturated carbocycles. The first-order valence-electron chi connectivity index (χ1n) is 10.9. The first-order chi connectivity index (χ1) is 14.2. The summed E-state index contributed by atoms with van der Waals surface area (Å²) in [6.45, 7) is 9.60. The summed E-state index contributed by atoms with van der Waals surface area (Å²) < 4.78 is 5.49. The second kappa shape index (κ2) is 9.66. The SMILES string of the molecule is CC(c1cccc(C(=O)c2ccccc2)c1)N1CCCC(CN2CCOCC2)C1. The van der Waals surface area contributed by atoms with E-state index in [2.05, 4.69) is 28.9 Å². The number of hydrogen-bond acceptors (Lipinski definition) is 4. The normalized spacial score (nSPS) is 22.3. The Bertz CT molecular complexity index is 801. The van der Waals surface area contributed by atoms with Crippen molar-refractivity contribution in [3.8, 4) is 0 Å². The molecule has 2 aromatic carbocycles. The Morgan fingerprint density at radius 3 is 2.59 bits per heavy atom. The number of nitrogens with zero attached hydrogens (tertiary/aromatic N) is 2. The van der Waals surface area contributed by atoms with Crippen LogP contribution in [-0.4, -0.2) is 61.5 Å². The molecule has 4 rings (SSSR count). The lowest BCUT2D eigenvalue weighted by Gasteiger charge is -2.39. The molecule has 0 spiro atoms.